The number of rotatable bonds is 11. The predicted octanol–water partition coefficient (Wildman–Crippen LogP) is 9.60. The zero-order chi connectivity index (χ0) is 45.1. The third kappa shape index (κ3) is 14.0. The topological polar surface area (TPSA) is 183 Å². The largest absolute Gasteiger partial charge is 0.435 e. The second kappa shape index (κ2) is 21.0. The summed E-state index contributed by atoms with van der Waals surface area (Å²) >= 11 is 16.4. The summed E-state index contributed by atoms with van der Waals surface area (Å²) < 4.78 is 79.4. The third-order valence-electron chi connectivity index (χ3n) is 8.06. The smallest absolute Gasteiger partial charge is 0.394 e. The van der Waals surface area contributed by atoms with Crippen molar-refractivity contribution in [2.45, 2.75) is 66.0 Å². The van der Waals surface area contributed by atoms with Crippen molar-refractivity contribution < 1.29 is 35.9 Å². The zero-order valence-electron chi connectivity index (χ0n) is 32.6. The van der Waals surface area contributed by atoms with Crippen molar-refractivity contribution >= 4 is 69.0 Å². The quantitative estimate of drug-likeness (QED) is 0.0552. The fourth-order valence-electron chi connectivity index (χ4n) is 4.97. The Hall–Kier alpha value is -5.99. The number of amides is 1. The Kier molecular flexibility index (Phi) is 16.4. The monoisotopic (exact) mass is 912 g/mol. The summed E-state index contributed by atoms with van der Waals surface area (Å²) in [7, 11) is 0. The van der Waals surface area contributed by atoms with Gasteiger partial charge in [0.15, 0.2) is 23.0 Å². The minimum Gasteiger partial charge on any atom is -0.394 e. The van der Waals surface area contributed by atoms with Crippen LogP contribution in [0.5, 0.6) is 0 Å². The zero-order valence-corrected chi connectivity index (χ0v) is 34.9. The SMILES string of the molecule is CCC(=O)Cl.CCC(=O)Nc1cnc(Cl)nc1NCc1ccc(-n2nc(C(F)(F)F)cc2C)cc1.Cc1cc(C(F)(F)F)nn1-c1ccc(CNc2nc(Cl)ncc2N)cc1. The van der Waals surface area contributed by atoms with Crippen molar-refractivity contribution in [1.82, 2.24) is 39.5 Å². The first-order valence-electron chi connectivity index (χ1n) is 17.9. The van der Waals surface area contributed by atoms with E-state index < -0.39 is 23.7 Å². The Bertz CT molecular complexity index is 2420. The third-order valence-corrected chi connectivity index (χ3v) is 8.69. The molecule has 61 heavy (non-hydrogen) atoms. The molecule has 14 nitrogen and oxygen atoms in total. The van der Waals surface area contributed by atoms with Gasteiger partial charge in [0.05, 0.1) is 29.5 Å². The number of nitrogens with zero attached hydrogens (tertiary/aromatic N) is 8. The maximum atomic E-state index is 12.9. The molecule has 0 atom stereocenters. The van der Waals surface area contributed by atoms with Crippen molar-refractivity contribution in [3.63, 3.8) is 0 Å². The maximum Gasteiger partial charge on any atom is 0.435 e. The lowest BCUT2D eigenvalue weighted by Gasteiger charge is -2.12. The first kappa shape index (κ1) is 47.7. The number of aromatic nitrogens is 8. The highest BCUT2D eigenvalue weighted by Crippen LogP contribution is 2.31. The van der Waals surface area contributed by atoms with Crippen LogP contribution in [0.15, 0.2) is 73.1 Å². The number of nitrogen functional groups attached to an aromatic ring is 1. The molecule has 0 bridgehead atoms. The highest BCUT2D eigenvalue weighted by Gasteiger charge is 2.35. The van der Waals surface area contributed by atoms with Gasteiger partial charge in [-0.05, 0) is 96.2 Å². The Labute approximate surface area is 359 Å². The molecule has 324 valence electrons. The first-order valence-corrected chi connectivity index (χ1v) is 19.0. The van der Waals surface area contributed by atoms with E-state index in [1.807, 2.05) is 0 Å². The molecule has 6 aromatic rings. The van der Waals surface area contributed by atoms with Crippen LogP contribution < -0.4 is 21.7 Å². The summed E-state index contributed by atoms with van der Waals surface area (Å²) in [6, 6.07) is 15.8. The Balaban J connectivity index is 0.000000244. The minimum absolute atomic E-state index is 0.0250. The molecule has 4 heterocycles. The molecule has 4 aromatic heterocycles. The molecule has 23 heteroatoms. The molecule has 0 fully saturated rings. The van der Waals surface area contributed by atoms with Crippen molar-refractivity contribution in [2.24, 2.45) is 0 Å². The summed E-state index contributed by atoms with van der Waals surface area (Å²) in [6.45, 7) is 7.31. The van der Waals surface area contributed by atoms with Gasteiger partial charge >= 0.3 is 12.4 Å². The Morgan fingerprint density at radius 1 is 0.689 bits per heavy atom. The molecular formula is C38H37Cl3F6N12O2. The molecule has 5 N–H and O–H groups in total. The predicted molar refractivity (Wildman–Crippen MR) is 220 cm³/mol. The number of aryl methyl sites for hydroxylation is 2. The molecule has 0 aliphatic heterocycles. The van der Waals surface area contributed by atoms with Gasteiger partial charge in [0, 0.05) is 37.3 Å². The second-order valence-corrected chi connectivity index (χ2v) is 13.8. The van der Waals surface area contributed by atoms with E-state index in [1.54, 1.807) is 76.2 Å². The van der Waals surface area contributed by atoms with Crippen LogP contribution in [0.1, 0.15) is 60.6 Å². The number of nitrogens with one attached hydrogen (secondary N) is 3. The van der Waals surface area contributed by atoms with Crippen LogP contribution >= 0.6 is 34.8 Å². The molecule has 0 aliphatic carbocycles. The van der Waals surface area contributed by atoms with E-state index in [4.69, 9.17) is 40.5 Å². The Morgan fingerprint density at radius 2 is 1.10 bits per heavy atom. The summed E-state index contributed by atoms with van der Waals surface area (Å²) in [4.78, 5) is 36.9. The molecule has 0 radical (unpaired) electrons. The number of carbonyl (C=O) groups is 2. The van der Waals surface area contributed by atoms with Crippen molar-refractivity contribution in [3.8, 4) is 11.4 Å². The van der Waals surface area contributed by atoms with Gasteiger partial charge in [0.1, 0.15) is 5.69 Å². The van der Waals surface area contributed by atoms with Crippen LogP contribution in [0.4, 0.5) is 49.4 Å². The van der Waals surface area contributed by atoms with Gasteiger partial charge in [-0.15, -0.1) is 0 Å². The number of halogens is 9. The summed E-state index contributed by atoms with van der Waals surface area (Å²) in [5.74, 6) is 0.576. The normalized spacial score (nSPS) is 11.2. The summed E-state index contributed by atoms with van der Waals surface area (Å²) in [6.07, 6.45) is -5.43. The molecule has 0 saturated carbocycles. The van der Waals surface area contributed by atoms with Crippen LogP contribution in [0.3, 0.4) is 0 Å². The maximum absolute atomic E-state index is 12.9. The van der Waals surface area contributed by atoms with Gasteiger partial charge in [-0.2, -0.15) is 46.5 Å². The summed E-state index contributed by atoms with van der Waals surface area (Å²) in [5, 5.41) is 15.9. The van der Waals surface area contributed by atoms with Crippen LogP contribution in [-0.4, -0.2) is 50.6 Å². The van der Waals surface area contributed by atoms with Gasteiger partial charge in [-0.1, -0.05) is 38.1 Å². The van der Waals surface area contributed by atoms with E-state index in [9.17, 15) is 35.9 Å². The van der Waals surface area contributed by atoms with E-state index >= 15 is 0 Å². The number of carbonyl (C=O) groups excluding carboxylic acids is 2. The van der Waals surface area contributed by atoms with Crippen LogP contribution in [0.25, 0.3) is 11.4 Å². The van der Waals surface area contributed by atoms with E-state index in [0.717, 1.165) is 23.3 Å². The fraction of sp³-hybridized carbons (Fsp3) is 0.263. The number of anilines is 4. The molecule has 0 aliphatic rings. The standard InChI is InChI=1S/C19H18ClF3N6O.C16H14ClF3N6.C3H5ClO/c1-3-16(30)26-14-10-25-18(20)27-17(14)24-9-12-4-6-13(7-5-12)29-11(2)8-15(28-29)19(21,22)23;1-9-6-13(16(18,19)20)25-26(9)11-4-2-10(3-5-11)7-22-14-12(21)8-23-15(17)24-14;1-2-3(4)5/h4-8,10H,3,9H2,1-2H3,(H,26,30)(H,24,25,27);2-6,8H,7,21H2,1H3,(H,22,23,24);2H2,1H3. The molecule has 1 amide bonds. The summed E-state index contributed by atoms with van der Waals surface area (Å²) in [5.41, 5.74) is 8.18. The fourth-order valence-corrected chi connectivity index (χ4v) is 5.23. The highest BCUT2D eigenvalue weighted by atomic mass is 35.5. The number of benzene rings is 2. The average Bonchev–Trinajstić information content (AvgIpc) is 3.82. The lowest BCUT2D eigenvalue weighted by atomic mass is 10.2. The highest BCUT2D eigenvalue weighted by molar-refractivity contribution is 6.63. The van der Waals surface area contributed by atoms with Gasteiger partial charge in [-0.25, -0.2) is 19.3 Å². The molecule has 0 unspecified atom stereocenters. The number of hydrogen-bond acceptors (Lipinski definition) is 11. The lowest BCUT2D eigenvalue weighted by molar-refractivity contribution is -0.142. The van der Waals surface area contributed by atoms with Gasteiger partial charge in [0.2, 0.25) is 21.7 Å². The molecule has 2 aromatic carbocycles. The average molecular weight is 914 g/mol. The van der Waals surface area contributed by atoms with Crippen LogP contribution in [-0.2, 0) is 35.0 Å². The molecule has 0 saturated heterocycles. The molecular weight excluding hydrogens is 877 g/mol. The van der Waals surface area contributed by atoms with Crippen LogP contribution in [0.2, 0.25) is 10.6 Å². The van der Waals surface area contributed by atoms with E-state index in [-0.39, 0.29) is 21.7 Å². The molecule has 6 rings (SSSR count). The molecule has 0 spiro atoms. The number of nitrogens with two attached hydrogens (primary N) is 1. The van der Waals surface area contributed by atoms with Crippen LogP contribution in [0, 0.1) is 13.8 Å². The lowest BCUT2D eigenvalue weighted by Crippen LogP contribution is -2.13. The van der Waals surface area contributed by atoms with Gasteiger partial charge < -0.3 is 21.7 Å². The van der Waals surface area contributed by atoms with E-state index in [2.05, 4.69) is 46.1 Å². The van der Waals surface area contributed by atoms with Gasteiger partial charge in [0.25, 0.3) is 0 Å². The van der Waals surface area contributed by atoms with Gasteiger partial charge in [-0.3, -0.25) is 9.59 Å². The van der Waals surface area contributed by atoms with Crippen molar-refractivity contribution in [2.75, 3.05) is 21.7 Å². The first-order chi connectivity index (χ1) is 28.7. The van der Waals surface area contributed by atoms with E-state index in [0.29, 0.717) is 71.7 Å². The van der Waals surface area contributed by atoms with E-state index in [1.165, 1.54) is 21.8 Å². The number of alkyl halides is 6. The Morgan fingerprint density at radius 3 is 1.49 bits per heavy atom. The van der Waals surface area contributed by atoms with Crippen molar-refractivity contribution in [3.05, 3.63) is 118 Å². The number of hydrogen-bond donors (Lipinski definition) is 4. The van der Waals surface area contributed by atoms with Crippen molar-refractivity contribution in [1.29, 1.82) is 0 Å². The minimum atomic E-state index is -4.50. The second-order valence-electron chi connectivity index (χ2n) is 12.7.